The number of nitrogens with zero attached hydrogens (tertiary/aromatic N) is 3. The van der Waals surface area contributed by atoms with Crippen LogP contribution in [0.25, 0.3) is 10.9 Å². The zero-order valence-corrected chi connectivity index (χ0v) is 11.1. The summed E-state index contributed by atoms with van der Waals surface area (Å²) in [4.78, 5) is 22.1. The molecule has 0 amide bonds. The molecule has 0 aliphatic carbocycles. The lowest BCUT2D eigenvalue weighted by atomic mass is 10.1. The van der Waals surface area contributed by atoms with Gasteiger partial charge in [0, 0.05) is 37.6 Å². The molecule has 0 bridgehead atoms. The Morgan fingerprint density at radius 1 is 1.24 bits per heavy atom. The minimum Gasteiger partial charge on any atom is -0.383 e. The number of pyridine rings is 1. The van der Waals surface area contributed by atoms with E-state index in [-0.39, 0.29) is 5.69 Å². The zero-order valence-electron chi connectivity index (χ0n) is 11.1. The van der Waals surface area contributed by atoms with Crippen LogP contribution >= 0.6 is 0 Å². The van der Waals surface area contributed by atoms with Gasteiger partial charge in [0.2, 0.25) is 0 Å². The number of hydrogen-bond donors (Lipinski definition) is 2. The number of nitrogens with one attached hydrogen (secondary N) is 2. The van der Waals surface area contributed by atoms with E-state index in [0.29, 0.717) is 17.4 Å². The number of H-pyrrole nitrogens is 1. The second-order valence-electron chi connectivity index (χ2n) is 4.50. The number of fused-ring (bicyclic) bond motifs is 1. The number of aromatic nitrogens is 3. The first-order valence-corrected chi connectivity index (χ1v) is 6.50. The molecule has 0 fully saturated rings. The summed E-state index contributed by atoms with van der Waals surface area (Å²) < 4.78 is 0. The Morgan fingerprint density at radius 2 is 2.14 bits per heavy atom. The molecule has 0 radical (unpaired) electrons. The van der Waals surface area contributed by atoms with E-state index in [1.165, 1.54) is 6.07 Å². The van der Waals surface area contributed by atoms with Gasteiger partial charge in [-0.2, -0.15) is 0 Å². The van der Waals surface area contributed by atoms with E-state index >= 15 is 0 Å². The molecule has 3 aromatic rings. The number of nitro groups is 1. The second-order valence-corrected chi connectivity index (χ2v) is 4.50. The number of benzene rings is 1. The molecule has 1 aromatic carbocycles. The van der Waals surface area contributed by atoms with Gasteiger partial charge in [-0.1, -0.05) is 0 Å². The Bertz CT molecular complexity index is 770. The summed E-state index contributed by atoms with van der Waals surface area (Å²) in [6.45, 7) is 0.664. The summed E-state index contributed by atoms with van der Waals surface area (Å²) in [7, 11) is 0. The van der Waals surface area contributed by atoms with Crippen LogP contribution in [0.4, 0.5) is 11.4 Å². The van der Waals surface area contributed by atoms with Crippen molar-refractivity contribution < 1.29 is 4.92 Å². The number of anilines is 1. The fourth-order valence-electron chi connectivity index (χ4n) is 2.21. The van der Waals surface area contributed by atoms with Crippen LogP contribution in [-0.4, -0.2) is 26.4 Å². The Labute approximate surface area is 120 Å². The van der Waals surface area contributed by atoms with E-state index in [4.69, 9.17) is 0 Å². The fourth-order valence-corrected chi connectivity index (χ4v) is 2.21. The van der Waals surface area contributed by atoms with E-state index < -0.39 is 4.92 Å². The van der Waals surface area contributed by atoms with Gasteiger partial charge in [0.25, 0.3) is 5.69 Å². The average Bonchev–Trinajstić information content (AvgIpc) is 3.00. The van der Waals surface area contributed by atoms with Crippen molar-refractivity contribution >= 4 is 22.3 Å². The van der Waals surface area contributed by atoms with Crippen molar-refractivity contribution in [3.8, 4) is 0 Å². The van der Waals surface area contributed by atoms with Crippen LogP contribution in [-0.2, 0) is 6.42 Å². The highest BCUT2D eigenvalue weighted by Crippen LogP contribution is 2.29. The average molecular weight is 283 g/mol. The van der Waals surface area contributed by atoms with Crippen molar-refractivity contribution in [2.75, 3.05) is 11.9 Å². The lowest BCUT2D eigenvalue weighted by molar-refractivity contribution is -0.383. The third-order valence-electron chi connectivity index (χ3n) is 3.18. The van der Waals surface area contributed by atoms with Crippen LogP contribution in [0.5, 0.6) is 0 Å². The monoisotopic (exact) mass is 283 g/mol. The summed E-state index contributed by atoms with van der Waals surface area (Å²) in [6.07, 6.45) is 5.85. The molecule has 21 heavy (non-hydrogen) atoms. The lowest BCUT2D eigenvalue weighted by Crippen LogP contribution is -2.07. The molecule has 2 heterocycles. The highest BCUT2D eigenvalue weighted by molar-refractivity contribution is 5.96. The van der Waals surface area contributed by atoms with Crippen molar-refractivity contribution in [3.05, 3.63) is 58.8 Å². The van der Waals surface area contributed by atoms with Crippen molar-refractivity contribution in [2.45, 2.75) is 6.42 Å². The first-order valence-electron chi connectivity index (χ1n) is 6.50. The third-order valence-corrected chi connectivity index (χ3v) is 3.18. The molecule has 0 aliphatic heterocycles. The number of rotatable bonds is 5. The second kappa shape index (κ2) is 5.58. The first kappa shape index (κ1) is 13.0. The number of nitro benzene ring substituents is 1. The van der Waals surface area contributed by atoms with E-state index in [9.17, 15) is 10.1 Å². The highest BCUT2D eigenvalue weighted by atomic mass is 16.6. The number of aromatic amines is 1. The van der Waals surface area contributed by atoms with Gasteiger partial charge >= 0.3 is 0 Å². The molecule has 3 rings (SSSR count). The quantitative estimate of drug-likeness (QED) is 0.554. The summed E-state index contributed by atoms with van der Waals surface area (Å²) in [6, 6.07) is 6.59. The van der Waals surface area contributed by atoms with Crippen LogP contribution in [0.2, 0.25) is 0 Å². The van der Waals surface area contributed by atoms with Crippen LogP contribution in [0.15, 0.2) is 42.9 Å². The normalized spacial score (nSPS) is 10.7. The van der Waals surface area contributed by atoms with E-state index in [1.807, 2.05) is 0 Å². The molecule has 7 heteroatoms. The summed E-state index contributed by atoms with van der Waals surface area (Å²) in [5, 5.41) is 14.8. The topological polar surface area (TPSA) is 96.7 Å². The van der Waals surface area contributed by atoms with Crippen LogP contribution in [0, 0.1) is 10.1 Å². The minimum absolute atomic E-state index is 0.0645. The van der Waals surface area contributed by atoms with E-state index in [1.54, 1.807) is 36.8 Å². The van der Waals surface area contributed by atoms with Crippen molar-refractivity contribution in [2.24, 2.45) is 0 Å². The highest BCUT2D eigenvalue weighted by Gasteiger charge is 2.14. The smallest absolute Gasteiger partial charge is 0.278 e. The maximum absolute atomic E-state index is 11.0. The van der Waals surface area contributed by atoms with E-state index in [2.05, 4.69) is 20.3 Å². The van der Waals surface area contributed by atoms with Gasteiger partial charge in [0.05, 0.1) is 16.0 Å². The largest absolute Gasteiger partial charge is 0.383 e. The maximum atomic E-state index is 11.0. The van der Waals surface area contributed by atoms with Crippen molar-refractivity contribution in [3.63, 3.8) is 0 Å². The van der Waals surface area contributed by atoms with Gasteiger partial charge in [-0.15, -0.1) is 0 Å². The summed E-state index contributed by atoms with van der Waals surface area (Å²) in [5.41, 5.74) is 1.45. The number of hydrogen-bond acceptors (Lipinski definition) is 5. The molecule has 106 valence electrons. The summed E-state index contributed by atoms with van der Waals surface area (Å²) >= 11 is 0. The van der Waals surface area contributed by atoms with Gasteiger partial charge in [0.15, 0.2) is 0 Å². The third kappa shape index (κ3) is 2.66. The molecule has 0 unspecified atom stereocenters. The van der Waals surface area contributed by atoms with Gasteiger partial charge in [-0.25, -0.2) is 4.98 Å². The molecule has 0 atom stereocenters. The lowest BCUT2D eigenvalue weighted by Gasteiger charge is -2.08. The molecular weight excluding hydrogens is 270 g/mol. The number of non-ortho nitro benzene ring substituents is 1. The van der Waals surface area contributed by atoms with Crippen LogP contribution in [0.1, 0.15) is 5.82 Å². The van der Waals surface area contributed by atoms with Crippen LogP contribution < -0.4 is 5.32 Å². The fraction of sp³-hybridized carbons (Fsp3) is 0.143. The van der Waals surface area contributed by atoms with E-state index in [0.717, 1.165) is 17.9 Å². The molecule has 0 spiro atoms. The van der Waals surface area contributed by atoms with Crippen LogP contribution in [0.3, 0.4) is 0 Å². The SMILES string of the molecule is O=[N+]([O-])c1ccc(NCCc2ncc[nH]2)c2ncccc12. The first-order chi connectivity index (χ1) is 10.3. The number of imidazole rings is 1. The van der Waals surface area contributed by atoms with Crippen molar-refractivity contribution in [1.82, 2.24) is 15.0 Å². The van der Waals surface area contributed by atoms with Gasteiger partial charge in [0.1, 0.15) is 11.3 Å². The van der Waals surface area contributed by atoms with Crippen molar-refractivity contribution in [1.29, 1.82) is 0 Å². The van der Waals surface area contributed by atoms with Gasteiger partial charge in [-0.3, -0.25) is 15.1 Å². The molecule has 2 N–H and O–H groups in total. The molecular formula is C14H13N5O2. The van der Waals surface area contributed by atoms with Gasteiger partial charge in [-0.05, 0) is 18.2 Å². The maximum Gasteiger partial charge on any atom is 0.278 e. The Hall–Kier alpha value is -2.96. The molecule has 2 aromatic heterocycles. The zero-order chi connectivity index (χ0) is 14.7. The summed E-state index contributed by atoms with van der Waals surface area (Å²) in [5.74, 6) is 0.890. The molecule has 0 saturated carbocycles. The molecule has 0 saturated heterocycles. The molecule has 7 nitrogen and oxygen atoms in total. The Balaban J connectivity index is 1.85. The molecule has 0 aliphatic rings. The Kier molecular flexibility index (Phi) is 3.46. The Morgan fingerprint density at radius 3 is 2.90 bits per heavy atom. The predicted molar refractivity (Wildman–Crippen MR) is 79.2 cm³/mol. The predicted octanol–water partition coefficient (Wildman–Crippen LogP) is 2.52. The minimum atomic E-state index is -0.392. The van der Waals surface area contributed by atoms with Gasteiger partial charge < -0.3 is 10.3 Å². The standard InChI is InChI=1S/C14H13N5O2/c20-19(21)12-4-3-11(14-10(12)2-1-6-18-14)15-7-5-13-16-8-9-17-13/h1-4,6,8-9,15H,5,7H2,(H,16,17).